The van der Waals surface area contributed by atoms with Gasteiger partial charge in [-0.05, 0) is 38.5 Å². The predicted octanol–water partition coefficient (Wildman–Crippen LogP) is 1.73. The summed E-state index contributed by atoms with van der Waals surface area (Å²) in [5, 5.41) is 3.09. The fourth-order valence-electron chi connectivity index (χ4n) is 2.42. The van der Waals surface area contributed by atoms with Crippen molar-refractivity contribution in [2.24, 2.45) is 5.92 Å². The van der Waals surface area contributed by atoms with Crippen LogP contribution in [0, 0.1) is 5.92 Å². The first-order valence-corrected chi connectivity index (χ1v) is 8.24. The molecule has 0 spiro atoms. The van der Waals surface area contributed by atoms with Gasteiger partial charge in [-0.3, -0.25) is 0 Å². The van der Waals surface area contributed by atoms with E-state index in [1.165, 1.54) is 25.7 Å². The minimum absolute atomic E-state index is 0.214. The molecule has 2 rings (SSSR count). The third kappa shape index (κ3) is 3.45. The zero-order chi connectivity index (χ0) is 11.6. The third-order valence-electron chi connectivity index (χ3n) is 3.83. The fourth-order valence-corrected chi connectivity index (χ4v) is 4.09. The normalized spacial score (nSPS) is 24.8. The molecule has 2 aliphatic carbocycles. The molecule has 1 atom stereocenters. The van der Waals surface area contributed by atoms with Crippen LogP contribution < -0.4 is 5.32 Å². The highest BCUT2D eigenvalue weighted by Gasteiger charge is 2.29. The summed E-state index contributed by atoms with van der Waals surface area (Å²) in [6.45, 7) is 2.49. The zero-order valence-electron chi connectivity index (χ0n) is 10.1. The van der Waals surface area contributed by atoms with Crippen molar-refractivity contribution in [3.8, 4) is 0 Å². The van der Waals surface area contributed by atoms with Crippen LogP contribution >= 0.6 is 0 Å². The van der Waals surface area contributed by atoms with Crippen LogP contribution in [0.2, 0.25) is 0 Å². The maximum atomic E-state index is 12.1. The minimum atomic E-state index is -2.87. The Morgan fingerprint density at radius 2 is 1.81 bits per heavy atom. The maximum Gasteiger partial charge on any atom is 0.154 e. The van der Waals surface area contributed by atoms with E-state index in [9.17, 15) is 8.42 Å². The second-order valence-corrected chi connectivity index (χ2v) is 7.94. The lowest BCUT2D eigenvalue weighted by Crippen LogP contribution is -2.35. The molecule has 16 heavy (non-hydrogen) atoms. The van der Waals surface area contributed by atoms with Gasteiger partial charge in [-0.2, -0.15) is 0 Å². The Labute approximate surface area is 98.9 Å². The Kier molecular flexibility index (Phi) is 3.90. The van der Waals surface area contributed by atoms with Crippen LogP contribution in [-0.4, -0.2) is 32.0 Å². The number of sulfone groups is 1. The predicted molar refractivity (Wildman–Crippen MR) is 66.2 cm³/mol. The monoisotopic (exact) mass is 245 g/mol. The van der Waals surface area contributed by atoms with Crippen LogP contribution in [0.25, 0.3) is 0 Å². The van der Waals surface area contributed by atoms with Gasteiger partial charge in [-0.25, -0.2) is 8.42 Å². The molecule has 0 aromatic carbocycles. The largest absolute Gasteiger partial charge is 0.313 e. The van der Waals surface area contributed by atoms with E-state index in [2.05, 4.69) is 5.32 Å². The summed E-state index contributed by atoms with van der Waals surface area (Å²) in [4.78, 5) is 0. The molecule has 3 nitrogen and oxygen atoms in total. The highest BCUT2D eigenvalue weighted by atomic mass is 32.2. The summed E-state index contributed by atoms with van der Waals surface area (Å²) in [6, 6.07) is 0.601. The average Bonchev–Trinajstić information content (AvgIpc) is 2.93. The van der Waals surface area contributed by atoms with E-state index in [1.54, 1.807) is 0 Å². The van der Waals surface area contributed by atoms with Crippen molar-refractivity contribution < 1.29 is 8.42 Å². The molecule has 0 saturated heterocycles. The summed E-state index contributed by atoms with van der Waals surface area (Å²) in [7, 11) is -2.87. The van der Waals surface area contributed by atoms with E-state index in [0.717, 1.165) is 12.8 Å². The van der Waals surface area contributed by atoms with Crippen molar-refractivity contribution in [2.75, 3.05) is 12.3 Å². The molecule has 2 fully saturated rings. The van der Waals surface area contributed by atoms with Crippen molar-refractivity contribution >= 4 is 9.84 Å². The van der Waals surface area contributed by atoms with Crippen molar-refractivity contribution in [1.82, 2.24) is 5.32 Å². The van der Waals surface area contributed by atoms with Crippen molar-refractivity contribution in [3.05, 3.63) is 0 Å². The van der Waals surface area contributed by atoms with Crippen LogP contribution in [0.1, 0.15) is 45.4 Å². The standard InChI is InChI=1S/C12H23NO2S/c1-10(8-13-12-6-7-12)16(14,15)9-11-4-2-3-5-11/h10-13H,2-9H2,1H3. The summed E-state index contributed by atoms with van der Waals surface area (Å²) in [5.41, 5.74) is 0. The fraction of sp³-hybridized carbons (Fsp3) is 1.00. The van der Waals surface area contributed by atoms with E-state index in [0.29, 0.717) is 24.3 Å². The molecule has 1 N–H and O–H groups in total. The first-order chi connectivity index (χ1) is 7.58. The maximum absolute atomic E-state index is 12.1. The van der Waals surface area contributed by atoms with Gasteiger partial charge in [0.15, 0.2) is 9.84 Å². The Bertz CT molecular complexity index is 316. The van der Waals surface area contributed by atoms with Gasteiger partial charge in [0.25, 0.3) is 0 Å². The lowest BCUT2D eigenvalue weighted by atomic mass is 10.1. The van der Waals surface area contributed by atoms with Crippen molar-refractivity contribution in [2.45, 2.75) is 56.7 Å². The molecule has 0 aromatic rings. The van der Waals surface area contributed by atoms with Gasteiger partial charge in [-0.1, -0.05) is 12.8 Å². The zero-order valence-corrected chi connectivity index (χ0v) is 10.9. The Morgan fingerprint density at radius 1 is 1.19 bits per heavy atom. The molecule has 0 bridgehead atoms. The van der Waals surface area contributed by atoms with Crippen LogP contribution in [0.4, 0.5) is 0 Å². The average molecular weight is 245 g/mol. The second-order valence-electron chi connectivity index (χ2n) is 5.47. The highest BCUT2D eigenvalue weighted by Crippen LogP contribution is 2.27. The van der Waals surface area contributed by atoms with E-state index in [1.807, 2.05) is 6.92 Å². The number of hydrogen-bond donors (Lipinski definition) is 1. The number of nitrogens with one attached hydrogen (secondary N) is 1. The molecule has 1 unspecified atom stereocenters. The first-order valence-electron chi connectivity index (χ1n) is 6.53. The molecule has 0 amide bonds. The molecule has 0 heterocycles. The van der Waals surface area contributed by atoms with Gasteiger partial charge in [0, 0.05) is 12.6 Å². The third-order valence-corrected chi connectivity index (χ3v) is 6.16. The second kappa shape index (κ2) is 5.05. The molecule has 4 heteroatoms. The molecular weight excluding hydrogens is 222 g/mol. The van der Waals surface area contributed by atoms with E-state index in [-0.39, 0.29) is 5.25 Å². The smallest absolute Gasteiger partial charge is 0.154 e. The van der Waals surface area contributed by atoms with Crippen LogP contribution in [0.15, 0.2) is 0 Å². The van der Waals surface area contributed by atoms with Crippen molar-refractivity contribution in [1.29, 1.82) is 0 Å². The molecular formula is C12H23NO2S. The molecule has 0 radical (unpaired) electrons. The van der Waals surface area contributed by atoms with Crippen LogP contribution in [0.3, 0.4) is 0 Å². The quantitative estimate of drug-likeness (QED) is 0.775. The van der Waals surface area contributed by atoms with Gasteiger partial charge in [0.1, 0.15) is 0 Å². The van der Waals surface area contributed by atoms with Gasteiger partial charge in [0.2, 0.25) is 0 Å². The highest BCUT2D eigenvalue weighted by molar-refractivity contribution is 7.92. The van der Waals surface area contributed by atoms with E-state index >= 15 is 0 Å². The number of rotatable bonds is 6. The minimum Gasteiger partial charge on any atom is -0.313 e. The van der Waals surface area contributed by atoms with Crippen LogP contribution in [-0.2, 0) is 9.84 Å². The Morgan fingerprint density at radius 3 is 2.38 bits per heavy atom. The molecule has 0 aromatic heterocycles. The lowest BCUT2D eigenvalue weighted by Gasteiger charge is -2.16. The summed E-state index contributed by atoms with van der Waals surface area (Å²) >= 11 is 0. The first kappa shape index (κ1) is 12.4. The number of hydrogen-bond acceptors (Lipinski definition) is 3. The van der Waals surface area contributed by atoms with Gasteiger partial charge in [-0.15, -0.1) is 0 Å². The lowest BCUT2D eigenvalue weighted by molar-refractivity contribution is 0.541. The van der Waals surface area contributed by atoms with E-state index < -0.39 is 9.84 Å². The molecule has 0 aliphatic heterocycles. The molecule has 2 saturated carbocycles. The van der Waals surface area contributed by atoms with E-state index in [4.69, 9.17) is 0 Å². The van der Waals surface area contributed by atoms with Crippen LogP contribution in [0.5, 0.6) is 0 Å². The van der Waals surface area contributed by atoms with Crippen molar-refractivity contribution in [3.63, 3.8) is 0 Å². The summed E-state index contributed by atoms with van der Waals surface area (Å²) in [6.07, 6.45) is 7.10. The SMILES string of the molecule is CC(CNC1CC1)S(=O)(=O)CC1CCCC1. The summed E-state index contributed by atoms with van der Waals surface area (Å²) < 4.78 is 24.2. The van der Waals surface area contributed by atoms with Gasteiger partial charge < -0.3 is 5.32 Å². The Balaban J connectivity index is 1.78. The topological polar surface area (TPSA) is 46.2 Å². The Hall–Kier alpha value is -0.0900. The van der Waals surface area contributed by atoms with Gasteiger partial charge in [0.05, 0.1) is 11.0 Å². The molecule has 94 valence electrons. The van der Waals surface area contributed by atoms with Gasteiger partial charge >= 0.3 is 0 Å². The molecule has 2 aliphatic rings. The summed E-state index contributed by atoms with van der Waals surface area (Å²) in [5.74, 6) is 0.855.